The Kier molecular flexibility index (Phi) is 4.04. The fraction of sp³-hybridized carbons (Fsp3) is 1.00. The maximum Gasteiger partial charge on any atom is -0.0354 e. The maximum atomic E-state index is 2.45. The first-order valence-corrected chi connectivity index (χ1v) is 6.43. The van der Waals surface area contributed by atoms with Crippen molar-refractivity contribution >= 4 is 0 Å². The van der Waals surface area contributed by atoms with Gasteiger partial charge in [0.05, 0.1) is 0 Å². The molecule has 0 radical (unpaired) electrons. The molecule has 14 heavy (non-hydrogen) atoms. The molecule has 0 nitrogen and oxygen atoms in total. The first-order valence-electron chi connectivity index (χ1n) is 6.43. The monoisotopic (exact) mass is 196 g/mol. The van der Waals surface area contributed by atoms with Crippen LogP contribution in [0.2, 0.25) is 0 Å². The summed E-state index contributed by atoms with van der Waals surface area (Å²) in [5, 5.41) is 0. The van der Waals surface area contributed by atoms with Crippen LogP contribution < -0.4 is 0 Å². The van der Waals surface area contributed by atoms with E-state index in [0.29, 0.717) is 5.41 Å². The van der Waals surface area contributed by atoms with Crippen LogP contribution in [-0.2, 0) is 0 Å². The number of hydrogen-bond donors (Lipinski definition) is 0. The molecule has 0 spiro atoms. The van der Waals surface area contributed by atoms with Gasteiger partial charge in [0, 0.05) is 0 Å². The maximum absolute atomic E-state index is 2.45. The van der Waals surface area contributed by atoms with E-state index in [9.17, 15) is 0 Å². The van der Waals surface area contributed by atoms with E-state index in [1.165, 1.54) is 32.1 Å². The summed E-state index contributed by atoms with van der Waals surface area (Å²) in [5.74, 6) is 2.94. The molecular formula is C14H28. The zero-order chi connectivity index (χ0) is 10.8. The molecule has 0 bridgehead atoms. The summed E-state index contributed by atoms with van der Waals surface area (Å²) in [6, 6.07) is 0. The highest BCUT2D eigenvalue weighted by Crippen LogP contribution is 2.43. The Morgan fingerprint density at radius 3 is 2.21 bits per heavy atom. The SMILES string of the molecule is CCCC1CC(C)CC(C(C)(C)C)C1. The van der Waals surface area contributed by atoms with Gasteiger partial charge in [-0.1, -0.05) is 47.5 Å². The van der Waals surface area contributed by atoms with Gasteiger partial charge < -0.3 is 0 Å². The van der Waals surface area contributed by atoms with E-state index < -0.39 is 0 Å². The third-order valence-corrected chi connectivity index (χ3v) is 3.96. The van der Waals surface area contributed by atoms with Gasteiger partial charge in [0.15, 0.2) is 0 Å². The molecule has 1 fully saturated rings. The standard InChI is InChI=1S/C14H28/c1-6-7-12-8-11(2)9-13(10-12)14(3,4)5/h11-13H,6-10H2,1-5H3. The molecule has 0 amide bonds. The van der Waals surface area contributed by atoms with Gasteiger partial charge in [-0.15, -0.1) is 0 Å². The molecule has 0 aromatic heterocycles. The summed E-state index contributed by atoms with van der Waals surface area (Å²) in [7, 11) is 0. The lowest BCUT2D eigenvalue weighted by atomic mass is 9.65. The van der Waals surface area contributed by atoms with Crippen LogP contribution >= 0.6 is 0 Å². The van der Waals surface area contributed by atoms with Gasteiger partial charge in [-0.2, -0.15) is 0 Å². The van der Waals surface area contributed by atoms with Gasteiger partial charge in [-0.25, -0.2) is 0 Å². The first-order chi connectivity index (χ1) is 6.43. The van der Waals surface area contributed by atoms with E-state index in [-0.39, 0.29) is 0 Å². The largest absolute Gasteiger partial charge is 0.0654 e. The lowest BCUT2D eigenvalue weighted by Crippen LogP contribution is -2.30. The fourth-order valence-corrected chi connectivity index (χ4v) is 3.10. The Morgan fingerprint density at radius 2 is 1.71 bits per heavy atom. The molecule has 1 aliphatic rings. The van der Waals surface area contributed by atoms with E-state index in [0.717, 1.165) is 17.8 Å². The second-order valence-electron chi connectivity index (χ2n) is 6.53. The highest BCUT2D eigenvalue weighted by atomic mass is 14.4. The van der Waals surface area contributed by atoms with Crippen molar-refractivity contribution in [3.05, 3.63) is 0 Å². The topological polar surface area (TPSA) is 0 Å². The van der Waals surface area contributed by atoms with Crippen molar-refractivity contribution in [2.24, 2.45) is 23.2 Å². The third-order valence-electron chi connectivity index (χ3n) is 3.96. The Bertz CT molecular complexity index is 163. The average molecular weight is 196 g/mol. The molecule has 0 aliphatic heterocycles. The van der Waals surface area contributed by atoms with E-state index in [1.807, 2.05) is 0 Å². The minimum atomic E-state index is 0.528. The van der Waals surface area contributed by atoms with Crippen molar-refractivity contribution in [3.63, 3.8) is 0 Å². The van der Waals surface area contributed by atoms with Crippen molar-refractivity contribution in [2.75, 3.05) is 0 Å². The molecule has 0 heterocycles. The molecule has 1 saturated carbocycles. The Hall–Kier alpha value is 0. The van der Waals surface area contributed by atoms with Gasteiger partial charge in [-0.05, 0) is 42.4 Å². The molecule has 3 unspecified atom stereocenters. The Morgan fingerprint density at radius 1 is 1.07 bits per heavy atom. The van der Waals surface area contributed by atoms with Gasteiger partial charge in [0.2, 0.25) is 0 Å². The van der Waals surface area contributed by atoms with Crippen LogP contribution in [0, 0.1) is 23.2 Å². The normalized spacial score (nSPS) is 34.5. The Balaban J connectivity index is 2.54. The predicted molar refractivity (Wildman–Crippen MR) is 64.4 cm³/mol. The van der Waals surface area contributed by atoms with Gasteiger partial charge in [-0.3, -0.25) is 0 Å². The van der Waals surface area contributed by atoms with Crippen LogP contribution in [-0.4, -0.2) is 0 Å². The molecule has 1 aliphatic carbocycles. The van der Waals surface area contributed by atoms with Crippen molar-refractivity contribution in [1.82, 2.24) is 0 Å². The summed E-state index contributed by atoms with van der Waals surface area (Å²) in [6.07, 6.45) is 7.26. The Labute approximate surface area is 90.5 Å². The minimum absolute atomic E-state index is 0.528. The molecule has 84 valence electrons. The second-order valence-corrected chi connectivity index (χ2v) is 6.53. The first kappa shape index (κ1) is 12.1. The quantitative estimate of drug-likeness (QED) is 0.590. The van der Waals surface area contributed by atoms with Crippen molar-refractivity contribution in [1.29, 1.82) is 0 Å². The summed E-state index contributed by atoms with van der Waals surface area (Å²) in [4.78, 5) is 0. The van der Waals surface area contributed by atoms with Crippen LogP contribution in [0.4, 0.5) is 0 Å². The van der Waals surface area contributed by atoms with Crippen molar-refractivity contribution < 1.29 is 0 Å². The lowest BCUT2D eigenvalue weighted by molar-refractivity contribution is 0.104. The smallest absolute Gasteiger partial charge is 0.0354 e. The fourth-order valence-electron chi connectivity index (χ4n) is 3.10. The van der Waals surface area contributed by atoms with Crippen molar-refractivity contribution in [3.8, 4) is 0 Å². The van der Waals surface area contributed by atoms with Crippen LogP contribution in [0.15, 0.2) is 0 Å². The van der Waals surface area contributed by atoms with Crippen molar-refractivity contribution in [2.45, 2.75) is 66.7 Å². The zero-order valence-electron chi connectivity index (χ0n) is 10.8. The molecule has 0 heteroatoms. The van der Waals surface area contributed by atoms with Crippen LogP contribution in [0.3, 0.4) is 0 Å². The molecule has 0 aromatic carbocycles. The molecule has 1 rings (SSSR count). The average Bonchev–Trinajstić information content (AvgIpc) is 2.02. The summed E-state index contributed by atoms with van der Waals surface area (Å²) >= 11 is 0. The molecule has 3 atom stereocenters. The zero-order valence-corrected chi connectivity index (χ0v) is 10.8. The second kappa shape index (κ2) is 4.68. The van der Waals surface area contributed by atoms with Crippen LogP contribution in [0.5, 0.6) is 0 Å². The molecule has 0 saturated heterocycles. The molecule has 0 N–H and O–H groups in total. The number of hydrogen-bond acceptors (Lipinski definition) is 0. The molecular weight excluding hydrogens is 168 g/mol. The minimum Gasteiger partial charge on any atom is -0.0654 e. The summed E-state index contributed by atoms with van der Waals surface area (Å²) < 4.78 is 0. The van der Waals surface area contributed by atoms with E-state index in [2.05, 4.69) is 34.6 Å². The molecule has 0 aromatic rings. The third kappa shape index (κ3) is 3.29. The van der Waals surface area contributed by atoms with Crippen LogP contribution in [0.25, 0.3) is 0 Å². The van der Waals surface area contributed by atoms with Gasteiger partial charge in [0.25, 0.3) is 0 Å². The summed E-state index contributed by atoms with van der Waals surface area (Å²) in [6.45, 7) is 12.0. The van der Waals surface area contributed by atoms with E-state index >= 15 is 0 Å². The highest BCUT2D eigenvalue weighted by molar-refractivity contribution is 4.83. The van der Waals surface area contributed by atoms with Crippen LogP contribution in [0.1, 0.15) is 66.7 Å². The van der Waals surface area contributed by atoms with Gasteiger partial charge >= 0.3 is 0 Å². The summed E-state index contributed by atoms with van der Waals surface area (Å²) in [5.41, 5.74) is 0.528. The lowest BCUT2D eigenvalue weighted by Gasteiger charge is -2.40. The van der Waals surface area contributed by atoms with E-state index in [1.54, 1.807) is 0 Å². The predicted octanol–water partition coefficient (Wildman–Crippen LogP) is 4.89. The van der Waals surface area contributed by atoms with Gasteiger partial charge in [0.1, 0.15) is 0 Å². The van der Waals surface area contributed by atoms with E-state index in [4.69, 9.17) is 0 Å². The highest BCUT2D eigenvalue weighted by Gasteiger charge is 2.32. The number of rotatable bonds is 2.